The van der Waals surface area contributed by atoms with Crippen LogP contribution in [0.2, 0.25) is 0 Å². The second-order valence-corrected chi connectivity index (χ2v) is 4.60. The van der Waals surface area contributed by atoms with Gasteiger partial charge in [0, 0.05) is 23.3 Å². The molecule has 1 aromatic rings. The zero-order chi connectivity index (χ0) is 10.6. The first-order valence-electron chi connectivity index (χ1n) is 4.81. The van der Waals surface area contributed by atoms with Gasteiger partial charge in [-0.25, -0.2) is 0 Å². The van der Waals surface area contributed by atoms with Crippen LogP contribution in [0.1, 0.15) is 35.6 Å². The van der Waals surface area contributed by atoms with E-state index in [1.54, 1.807) is 18.4 Å². The van der Waals surface area contributed by atoms with Gasteiger partial charge in [-0.2, -0.15) is 0 Å². The normalized spacial score (nSPS) is 12.8. The molecule has 0 saturated heterocycles. The molecule has 2 nitrogen and oxygen atoms in total. The Morgan fingerprint density at radius 3 is 2.71 bits per heavy atom. The summed E-state index contributed by atoms with van der Waals surface area (Å²) in [7, 11) is 1.59. The van der Waals surface area contributed by atoms with E-state index in [2.05, 4.69) is 0 Å². The summed E-state index contributed by atoms with van der Waals surface area (Å²) >= 11 is 1.63. The van der Waals surface area contributed by atoms with Crippen LogP contribution in [-0.4, -0.2) is 12.9 Å². The van der Waals surface area contributed by atoms with Gasteiger partial charge in [0.1, 0.15) is 6.10 Å². The number of aryl methyl sites for hydroxylation is 1. The van der Waals surface area contributed by atoms with Crippen LogP contribution in [0.3, 0.4) is 0 Å². The molecule has 0 fully saturated rings. The number of thiophene rings is 1. The van der Waals surface area contributed by atoms with E-state index in [4.69, 9.17) is 4.74 Å². The Hall–Kier alpha value is -0.670. The monoisotopic (exact) mass is 212 g/mol. The van der Waals surface area contributed by atoms with E-state index in [1.807, 2.05) is 26.0 Å². The topological polar surface area (TPSA) is 26.3 Å². The molecule has 0 spiro atoms. The highest BCUT2D eigenvalue weighted by Crippen LogP contribution is 2.26. The van der Waals surface area contributed by atoms with Crippen molar-refractivity contribution >= 4 is 17.1 Å². The van der Waals surface area contributed by atoms with Crippen LogP contribution >= 0.6 is 11.3 Å². The van der Waals surface area contributed by atoms with Crippen LogP contribution < -0.4 is 0 Å². The van der Waals surface area contributed by atoms with Gasteiger partial charge in [0.05, 0.1) is 0 Å². The summed E-state index contributed by atoms with van der Waals surface area (Å²) in [6.07, 6.45) is 1.12. The molecule has 1 rings (SSSR count). The van der Waals surface area contributed by atoms with Gasteiger partial charge in [-0.3, -0.25) is 4.79 Å². The molecule has 1 atom stereocenters. The van der Waals surface area contributed by atoms with Crippen LogP contribution in [0.15, 0.2) is 12.1 Å². The molecule has 0 aliphatic carbocycles. The summed E-state index contributed by atoms with van der Waals surface area (Å²) in [5, 5.41) is 0. The quantitative estimate of drug-likeness (QED) is 0.749. The number of Topliss-reactive ketones (excluding diaryl/α,β-unsaturated/α-hetero) is 1. The van der Waals surface area contributed by atoms with Gasteiger partial charge in [-0.05, 0) is 25.5 Å². The minimum Gasteiger partial charge on any atom is -0.368 e. The largest absolute Gasteiger partial charge is 0.368 e. The van der Waals surface area contributed by atoms with Gasteiger partial charge in [-0.1, -0.05) is 6.92 Å². The van der Waals surface area contributed by atoms with Gasteiger partial charge in [0.2, 0.25) is 0 Å². The van der Waals surface area contributed by atoms with Gasteiger partial charge in [-0.15, -0.1) is 11.3 Å². The molecule has 0 aromatic carbocycles. The lowest BCUT2D eigenvalue weighted by Gasteiger charge is -2.11. The number of methoxy groups -OCH3 is 1. The molecule has 0 amide bonds. The molecule has 1 unspecified atom stereocenters. The maximum Gasteiger partial charge on any atom is 0.166 e. The Balaban J connectivity index is 2.76. The summed E-state index contributed by atoms with van der Waals surface area (Å²) in [6.45, 7) is 4.04. The molecular formula is C11H16O2S. The van der Waals surface area contributed by atoms with Crippen molar-refractivity contribution in [2.75, 3.05) is 7.11 Å². The predicted octanol–water partition coefficient (Wildman–Crippen LogP) is 3.11. The van der Waals surface area contributed by atoms with E-state index in [0.717, 1.165) is 11.3 Å². The number of hydrogen-bond acceptors (Lipinski definition) is 3. The van der Waals surface area contributed by atoms with Gasteiger partial charge >= 0.3 is 0 Å². The van der Waals surface area contributed by atoms with Crippen molar-refractivity contribution in [1.82, 2.24) is 0 Å². The third-order valence-corrected chi connectivity index (χ3v) is 3.09. The van der Waals surface area contributed by atoms with E-state index in [9.17, 15) is 4.79 Å². The molecule has 0 aliphatic rings. The number of carbonyl (C=O) groups is 1. The Bertz CT molecular complexity index is 304. The fourth-order valence-corrected chi connectivity index (χ4v) is 2.36. The smallest absolute Gasteiger partial charge is 0.166 e. The van der Waals surface area contributed by atoms with Crippen LogP contribution in [0.25, 0.3) is 0 Å². The minimum atomic E-state index is -0.353. The predicted molar refractivity (Wildman–Crippen MR) is 58.7 cm³/mol. The fraction of sp³-hybridized carbons (Fsp3) is 0.545. The molecule has 0 radical (unpaired) electrons. The van der Waals surface area contributed by atoms with Crippen LogP contribution in [-0.2, 0) is 9.53 Å². The lowest BCUT2D eigenvalue weighted by Crippen LogP contribution is -2.12. The summed E-state index contributed by atoms with van der Waals surface area (Å²) in [4.78, 5) is 13.9. The van der Waals surface area contributed by atoms with Crippen molar-refractivity contribution < 1.29 is 9.53 Å². The minimum absolute atomic E-state index is 0.178. The summed E-state index contributed by atoms with van der Waals surface area (Å²) in [5.74, 6) is 0.178. The van der Waals surface area contributed by atoms with Crippen molar-refractivity contribution in [2.45, 2.75) is 32.8 Å². The van der Waals surface area contributed by atoms with Crippen molar-refractivity contribution in [2.24, 2.45) is 0 Å². The molecule has 0 aliphatic heterocycles. The maximum absolute atomic E-state index is 11.7. The van der Waals surface area contributed by atoms with Gasteiger partial charge in [0.25, 0.3) is 0 Å². The summed E-state index contributed by atoms with van der Waals surface area (Å²) in [5.41, 5.74) is 0. The Morgan fingerprint density at radius 2 is 2.29 bits per heavy atom. The second-order valence-electron chi connectivity index (χ2n) is 3.28. The number of carbonyl (C=O) groups excluding carboxylic acids is 1. The third-order valence-electron chi connectivity index (χ3n) is 2.04. The lowest BCUT2D eigenvalue weighted by atomic mass is 10.1. The van der Waals surface area contributed by atoms with Crippen LogP contribution in [0, 0.1) is 6.92 Å². The molecule has 0 saturated carbocycles. The number of ketones is 1. The van der Waals surface area contributed by atoms with E-state index in [1.165, 1.54) is 4.88 Å². The average Bonchev–Trinajstić information content (AvgIpc) is 2.54. The first kappa shape index (κ1) is 11.4. The highest BCUT2D eigenvalue weighted by atomic mass is 32.1. The third kappa shape index (κ3) is 2.66. The van der Waals surface area contributed by atoms with E-state index < -0.39 is 0 Å². The van der Waals surface area contributed by atoms with Crippen molar-refractivity contribution in [3.05, 3.63) is 21.9 Å². The summed E-state index contributed by atoms with van der Waals surface area (Å²) < 4.78 is 5.22. The van der Waals surface area contributed by atoms with Gasteiger partial charge in [0.15, 0.2) is 5.78 Å². The molecular weight excluding hydrogens is 196 g/mol. The Morgan fingerprint density at radius 1 is 1.57 bits per heavy atom. The first-order chi connectivity index (χ1) is 6.69. The Kier molecular flexibility index (Phi) is 4.29. The standard InChI is InChI=1S/C11H16O2S/c1-4-5-9(12)11(13-3)10-7-6-8(2)14-10/h6-7,11H,4-5H2,1-3H3. The highest BCUT2D eigenvalue weighted by molar-refractivity contribution is 7.12. The average molecular weight is 212 g/mol. The summed E-state index contributed by atoms with van der Waals surface area (Å²) in [6, 6.07) is 3.99. The van der Waals surface area contributed by atoms with E-state index in [0.29, 0.717) is 6.42 Å². The molecule has 78 valence electrons. The number of ether oxygens (including phenoxy) is 1. The molecule has 1 aromatic heterocycles. The Labute approximate surface area is 88.9 Å². The number of rotatable bonds is 5. The lowest BCUT2D eigenvalue weighted by molar-refractivity contribution is -0.129. The van der Waals surface area contributed by atoms with E-state index in [-0.39, 0.29) is 11.9 Å². The SMILES string of the molecule is CCCC(=O)C(OC)c1ccc(C)s1. The van der Waals surface area contributed by atoms with E-state index >= 15 is 0 Å². The second kappa shape index (κ2) is 5.27. The van der Waals surface area contributed by atoms with Crippen LogP contribution in [0.4, 0.5) is 0 Å². The molecule has 0 bridgehead atoms. The van der Waals surface area contributed by atoms with Crippen molar-refractivity contribution in [3.8, 4) is 0 Å². The molecule has 0 N–H and O–H groups in total. The van der Waals surface area contributed by atoms with Crippen molar-refractivity contribution in [3.63, 3.8) is 0 Å². The fourth-order valence-electron chi connectivity index (χ4n) is 1.38. The molecule has 3 heteroatoms. The first-order valence-corrected chi connectivity index (χ1v) is 5.62. The highest BCUT2D eigenvalue weighted by Gasteiger charge is 2.20. The molecule has 1 heterocycles. The molecule has 14 heavy (non-hydrogen) atoms. The zero-order valence-electron chi connectivity index (χ0n) is 8.87. The van der Waals surface area contributed by atoms with Gasteiger partial charge < -0.3 is 4.74 Å². The maximum atomic E-state index is 11.7. The van der Waals surface area contributed by atoms with Crippen LogP contribution in [0.5, 0.6) is 0 Å². The van der Waals surface area contributed by atoms with Crippen molar-refractivity contribution in [1.29, 1.82) is 0 Å². The number of hydrogen-bond donors (Lipinski definition) is 0. The zero-order valence-corrected chi connectivity index (χ0v) is 9.69.